The molecule has 0 aliphatic heterocycles. The van der Waals surface area contributed by atoms with E-state index >= 15 is 0 Å². The van der Waals surface area contributed by atoms with Crippen LogP contribution >= 0.6 is 22.6 Å². The lowest BCUT2D eigenvalue weighted by atomic mass is 10.1. The van der Waals surface area contributed by atoms with Crippen molar-refractivity contribution >= 4 is 39.3 Å². The third-order valence-corrected chi connectivity index (χ3v) is 3.80. The van der Waals surface area contributed by atoms with E-state index in [0.29, 0.717) is 15.8 Å². The van der Waals surface area contributed by atoms with Crippen LogP contribution in [0, 0.1) is 6.92 Å². The summed E-state index contributed by atoms with van der Waals surface area (Å²) in [7, 11) is 0. The van der Waals surface area contributed by atoms with Gasteiger partial charge in [0.1, 0.15) is 10.2 Å². The van der Waals surface area contributed by atoms with Gasteiger partial charge in [0.05, 0.1) is 6.20 Å². The Morgan fingerprint density at radius 3 is 2.72 bits per heavy atom. The fourth-order valence-electron chi connectivity index (χ4n) is 2.53. The Morgan fingerprint density at radius 2 is 2.04 bits per heavy atom. The number of aryl methyl sites for hydroxylation is 1. The van der Waals surface area contributed by atoms with Crippen LogP contribution in [-0.4, -0.2) is 25.3 Å². The topological polar surface area (TPSA) is 57.0 Å². The number of hydrogen-bond acceptors (Lipinski definition) is 4. The van der Waals surface area contributed by atoms with Gasteiger partial charge in [-0.1, -0.05) is 24.3 Å². The summed E-state index contributed by atoms with van der Waals surface area (Å²) in [6.45, 7) is 1.68. The van der Waals surface area contributed by atoms with Crippen molar-refractivity contribution in [2.75, 3.05) is 4.61 Å². The minimum Gasteiger partial charge on any atom is -0.451 e. The molecule has 0 amide bonds. The van der Waals surface area contributed by atoms with Crippen LogP contribution in [0.25, 0.3) is 16.6 Å². The number of hydrogen-bond donors (Lipinski definition) is 0. The van der Waals surface area contributed by atoms with Crippen LogP contribution in [0.4, 0.5) is 13.2 Å². The van der Waals surface area contributed by atoms with Crippen LogP contribution in [-0.2, 0) is 10.9 Å². The van der Waals surface area contributed by atoms with Crippen LogP contribution in [0.3, 0.4) is 0 Å². The lowest BCUT2D eigenvalue weighted by molar-refractivity contribution is -0.143. The van der Waals surface area contributed by atoms with E-state index in [1.165, 1.54) is 0 Å². The second-order valence-electron chi connectivity index (χ2n) is 5.17. The molecule has 0 aliphatic rings. The highest BCUT2D eigenvalue weighted by Gasteiger charge is 2.41. The third kappa shape index (κ3) is 3.32. The normalized spacial score (nSPS) is 11.7. The summed E-state index contributed by atoms with van der Waals surface area (Å²) in [6.07, 6.45) is -3.95. The molecule has 0 unspecified atom stereocenters. The minimum absolute atomic E-state index is 0.0106. The van der Waals surface area contributed by atoms with Crippen molar-refractivity contribution in [2.24, 2.45) is 0 Å². The molecule has 3 aromatic rings. The van der Waals surface area contributed by atoms with Crippen molar-refractivity contribution in [1.82, 2.24) is 14.8 Å². The Kier molecular flexibility index (Phi) is 4.67. The van der Waals surface area contributed by atoms with E-state index in [-0.39, 0.29) is 10.4 Å². The van der Waals surface area contributed by atoms with Gasteiger partial charge in [-0.25, -0.2) is 14.5 Å². The highest BCUT2D eigenvalue weighted by molar-refractivity contribution is 14.1. The van der Waals surface area contributed by atoms with Gasteiger partial charge in [-0.2, -0.15) is 18.3 Å². The summed E-state index contributed by atoms with van der Waals surface area (Å²) in [6, 6.07) is 8.67. The number of pyridine rings is 1. The number of alkyl halides is 4. The predicted octanol–water partition coefficient (Wildman–Crippen LogP) is 4.30. The number of ether oxygens (including phenoxy) is 1. The first kappa shape index (κ1) is 17.6. The molecule has 0 fully saturated rings. The maximum atomic E-state index is 13.6. The van der Waals surface area contributed by atoms with Gasteiger partial charge in [-0.3, -0.25) is 0 Å². The number of fused-ring (bicyclic) bond motifs is 1. The number of nitrogens with zero attached hydrogens (tertiary/aromatic N) is 3. The first-order valence-electron chi connectivity index (χ1n) is 7.08. The zero-order chi connectivity index (χ0) is 18.2. The van der Waals surface area contributed by atoms with Crippen LogP contribution in [0.1, 0.15) is 21.7 Å². The molecule has 0 saturated heterocycles. The molecule has 0 aliphatic carbocycles. The fraction of sp³-hybridized carbons (Fsp3) is 0.188. The maximum Gasteiger partial charge on any atom is 0.434 e. The molecule has 0 spiro atoms. The van der Waals surface area contributed by atoms with E-state index in [0.717, 1.165) is 11.6 Å². The Balaban J connectivity index is 2.30. The highest BCUT2D eigenvalue weighted by atomic mass is 127. The molecule has 9 heteroatoms. The van der Waals surface area contributed by atoms with Crippen molar-refractivity contribution in [2.45, 2.75) is 13.1 Å². The summed E-state index contributed by atoms with van der Waals surface area (Å²) in [5.74, 6) is -1.07. The quantitative estimate of drug-likeness (QED) is 0.332. The van der Waals surface area contributed by atoms with E-state index in [1.54, 1.807) is 59.8 Å². The molecule has 130 valence electrons. The molecule has 5 nitrogen and oxygen atoms in total. The number of benzene rings is 1. The molecular weight excluding hydrogens is 450 g/mol. The summed E-state index contributed by atoms with van der Waals surface area (Å²) >= 11 is 1.73. The van der Waals surface area contributed by atoms with Crippen molar-refractivity contribution in [1.29, 1.82) is 0 Å². The standard InChI is InChI=1S/C16H11F3IN3O2/c1-9-6-10-4-2-3-5-11(10)14(22-9)23-13(16(17,18)19)12(7-21-23)15(24)25-8-20/h2-7H,8H2,1H3. The van der Waals surface area contributed by atoms with Crippen molar-refractivity contribution < 1.29 is 22.7 Å². The summed E-state index contributed by atoms with van der Waals surface area (Å²) in [4.78, 5) is 16.1. The number of carbonyl (C=O) groups excluding carboxylic acids is 1. The number of esters is 1. The summed E-state index contributed by atoms with van der Waals surface area (Å²) in [5.41, 5.74) is -1.31. The second kappa shape index (κ2) is 6.62. The molecule has 0 radical (unpaired) electrons. The van der Waals surface area contributed by atoms with E-state index in [9.17, 15) is 18.0 Å². The van der Waals surface area contributed by atoms with Crippen LogP contribution in [0.15, 0.2) is 36.5 Å². The van der Waals surface area contributed by atoms with E-state index in [2.05, 4.69) is 10.1 Å². The molecule has 25 heavy (non-hydrogen) atoms. The molecule has 1 aromatic carbocycles. The lowest BCUT2D eigenvalue weighted by Gasteiger charge is -2.14. The van der Waals surface area contributed by atoms with Gasteiger partial charge >= 0.3 is 12.1 Å². The first-order chi connectivity index (χ1) is 11.8. The van der Waals surface area contributed by atoms with Crippen LogP contribution in [0.2, 0.25) is 0 Å². The van der Waals surface area contributed by atoms with Gasteiger partial charge < -0.3 is 4.74 Å². The Morgan fingerprint density at radius 1 is 1.32 bits per heavy atom. The number of aromatic nitrogens is 3. The minimum atomic E-state index is -4.80. The average molecular weight is 461 g/mol. The Labute approximate surface area is 153 Å². The molecule has 0 N–H and O–H groups in total. The smallest absolute Gasteiger partial charge is 0.434 e. The summed E-state index contributed by atoms with van der Waals surface area (Å²) < 4.78 is 46.2. The van der Waals surface area contributed by atoms with Gasteiger partial charge in [0.2, 0.25) is 0 Å². The van der Waals surface area contributed by atoms with Gasteiger partial charge in [0.25, 0.3) is 0 Å². The first-order valence-corrected chi connectivity index (χ1v) is 8.60. The van der Waals surface area contributed by atoms with Crippen molar-refractivity contribution in [3.8, 4) is 5.82 Å². The Bertz CT molecular complexity index is 953. The lowest BCUT2D eigenvalue weighted by Crippen LogP contribution is -2.19. The SMILES string of the molecule is Cc1cc2ccccc2c(-n2ncc(C(=O)OCI)c2C(F)(F)F)n1. The predicted molar refractivity (Wildman–Crippen MR) is 92.9 cm³/mol. The second-order valence-corrected chi connectivity index (χ2v) is 5.79. The molecule has 0 saturated carbocycles. The van der Waals surface area contributed by atoms with Crippen molar-refractivity contribution in [3.05, 3.63) is 53.5 Å². The van der Waals surface area contributed by atoms with Crippen LogP contribution < -0.4 is 0 Å². The summed E-state index contributed by atoms with van der Waals surface area (Å²) in [5, 5.41) is 5.00. The van der Waals surface area contributed by atoms with Gasteiger partial charge in [-0.15, -0.1) is 0 Å². The molecular formula is C16H11F3IN3O2. The zero-order valence-corrected chi connectivity index (χ0v) is 15.0. The zero-order valence-electron chi connectivity index (χ0n) is 12.8. The van der Waals surface area contributed by atoms with Gasteiger partial charge in [-0.05, 0) is 41.0 Å². The van der Waals surface area contributed by atoms with Crippen molar-refractivity contribution in [3.63, 3.8) is 0 Å². The number of carbonyl (C=O) groups is 1. The number of halogens is 4. The average Bonchev–Trinajstić information content (AvgIpc) is 2.99. The molecule has 0 bridgehead atoms. The maximum absolute atomic E-state index is 13.6. The largest absolute Gasteiger partial charge is 0.451 e. The van der Waals surface area contributed by atoms with Gasteiger partial charge in [0.15, 0.2) is 11.5 Å². The Hall–Kier alpha value is -2.17. The highest BCUT2D eigenvalue weighted by Crippen LogP contribution is 2.35. The molecule has 2 heterocycles. The number of rotatable bonds is 3. The molecule has 3 rings (SSSR count). The van der Waals surface area contributed by atoms with E-state index in [1.807, 2.05) is 0 Å². The van der Waals surface area contributed by atoms with Gasteiger partial charge in [0, 0.05) is 11.1 Å². The third-order valence-electron chi connectivity index (χ3n) is 3.49. The van der Waals surface area contributed by atoms with E-state index < -0.39 is 23.4 Å². The molecule has 0 atom stereocenters. The molecule has 2 aromatic heterocycles. The monoisotopic (exact) mass is 461 g/mol. The fourth-order valence-corrected chi connectivity index (χ4v) is 2.81. The van der Waals surface area contributed by atoms with Crippen LogP contribution in [0.5, 0.6) is 0 Å². The van der Waals surface area contributed by atoms with E-state index in [4.69, 9.17) is 4.74 Å².